The largest absolute Gasteiger partial charge is 0.497 e. The minimum absolute atomic E-state index is 0.0453. The number of aliphatic hydroxyl groups excluding tert-OH is 1. The molecule has 0 radical (unpaired) electrons. The van der Waals surface area contributed by atoms with Gasteiger partial charge < -0.3 is 39.3 Å². The summed E-state index contributed by atoms with van der Waals surface area (Å²) in [5.41, 5.74) is 0.348. The van der Waals surface area contributed by atoms with E-state index in [1.807, 2.05) is 57.7 Å². The minimum Gasteiger partial charge on any atom is -0.497 e. The van der Waals surface area contributed by atoms with Crippen LogP contribution in [0.25, 0.3) is 0 Å². The van der Waals surface area contributed by atoms with Crippen LogP contribution in [0, 0.1) is 17.8 Å². The molecule has 12 heteroatoms. The first-order valence-electron chi connectivity index (χ1n) is 18.7. The van der Waals surface area contributed by atoms with Crippen LogP contribution in [0.3, 0.4) is 0 Å². The summed E-state index contributed by atoms with van der Waals surface area (Å²) in [5.74, 6) is -0.783. The van der Waals surface area contributed by atoms with Crippen molar-refractivity contribution in [3.63, 3.8) is 0 Å². The van der Waals surface area contributed by atoms with Crippen molar-refractivity contribution in [2.24, 2.45) is 17.8 Å². The maximum atomic E-state index is 14.5. The molecule has 1 saturated heterocycles. The second-order valence-corrected chi connectivity index (χ2v) is 16.7. The molecule has 1 aliphatic carbocycles. The Labute approximate surface area is 305 Å². The van der Waals surface area contributed by atoms with Crippen LogP contribution < -0.4 is 10.1 Å². The number of amides is 4. The minimum atomic E-state index is -0.745. The van der Waals surface area contributed by atoms with Gasteiger partial charge in [-0.3, -0.25) is 9.59 Å². The molecule has 12 nitrogen and oxygen atoms in total. The zero-order chi connectivity index (χ0) is 38.1. The number of unbranched alkanes of at least 4 members (excludes halogenated alkanes) is 1. The van der Waals surface area contributed by atoms with Gasteiger partial charge in [-0.25, -0.2) is 9.59 Å². The smallest absolute Gasteiger partial charge is 0.410 e. The lowest BCUT2D eigenvalue weighted by molar-refractivity contribution is -0.140. The van der Waals surface area contributed by atoms with E-state index in [0.29, 0.717) is 31.8 Å². The van der Waals surface area contributed by atoms with Gasteiger partial charge in [-0.2, -0.15) is 0 Å². The quantitative estimate of drug-likeness (QED) is 0.222. The number of carbonyl (C=O) groups is 4. The summed E-state index contributed by atoms with van der Waals surface area (Å²) in [7, 11) is 1.59. The standard InChI is InChI=1S/C39H64N4O8/c1-11-12-15-41(36(47)50-38(4,5)6)21-27-17-28(19-33(18-27)49-10)22-43(32-13-14-32)35(46)30-20-29(34(45)40-31(25-44)16-26(2)3)23-42(24-30)37(48)51-39(7,8)9/h17-19,26,29-32,44H,11-16,20-25H2,1-10H3,(H,40,45)/t29-,30+,31?/m0/s1. The summed E-state index contributed by atoms with van der Waals surface area (Å²) >= 11 is 0. The summed E-state index contributed by atoms with van der Waals surface area (Å²) < 4.78 is 17.0. The summed E-state index contributed by atoms with van der Waals surface area (Å²) in [5, 5.41) is 12.9. The SMILES string of the molecule is CCCCN(Cc1cc(CN(C(=O)[C@@H]2C[C@H](C(=O)NC(CO)CC(C)C)CN(C(=O)OC(C)(C)C)C2)C2CC2)cc(OC)c1)C(=O)OC(C)(C)C. The van der Waals surface area contributed by atoms with Crippen LogP contribution in [0.2, 0.25) is 0 Å². The van der Waals surface area contributed by atoms with Crippen LogP contribution in [0.1, 0.15) is 112 Å². The van der Waals surface area contributed by atoms with E-state index < -0.39 is 35.2 Å². The fourth-order valence-corrected chi connectivity index (χ4v) is 6.37. The van der Waals surface area contributed by atoms with Crippen molar-refractivity contribution in [1.82, 2.24) is 20.0 Å². The number of carbonyl (C=O) groups excluding carboxylic acids is 4. The lowest BCUT2D eigenvalue weighted by atomic mass is 9.87. The van der Waals surface area contributed by atoms with Gasteiger partial charge in [0.1, 0.15) is 17.0 Å². The number of hydrogen-bond acceptors (Lipinski definition) is 8. The van der Waals surface area contributed by atoms with E-state index in [1.165, 1.54) is 4.90 Å². The van der Waals surface area contributed by atoms with Crippen molar-refractivity contribution in [2.75, 3.05) is 33.4 Å². The number of likely N-dealkylation sites (tertiary alicyclic amines) is 1. The van der Waals surface area contributed by atoms with Crippen molar-refractivity contribution in [3.8, 4) is 5.75 Å². The number of nitrogens with zero attached hydrogens (tertiary/aromatic N) is 3. The third kappa shape index (κ3) is 13.8. The monoisotopic (exact) mass is 716 g/mol. The molecule has 1 aliphatic heterocycles. The molecule has 0 aromatic heterocycles. The molecule has 1 aromatic rings. The van der Waals surface area contributed by atoms with Gasteiger partial charge in [-0.15, -0.1) is 0 Å². The molecular formula is C39H64N4O8. The average Bonchev–Trinajstić information content (AvgIpc) is 3.88. The van der Waals surface area contributed by atoms with Crippen molar-refractivity contribution < 1.29 is 38.5 Å². The highest BCUT2D eigenvalue weighted by Gasteiger charge is 2.43. The third-order valence-electron chi connectivity index (χ3n) is 8.84. The molecular weight excluding hydrogens is 652 g/mol. The van der Waals surface area contributed by atoms with E-state index in [2.05, 4.69) is 12.2 Å². The molecule has 4 amide bonds. The fraction of sp³-hybridized carbons (Fsp3) is 0.744. The lowest BCUT2D eigenvalue weighted by Crippen LogP contribution is -2.54. The summed E-state index contributed by atoms with van der Waals surface area (Å²) in [6.45, 7) is 18.3. The normalized spacial score (nSPS) is 18.5. The Balaban J connectivity index is 1.88. The Hall–Kier alpha value is -3.54. The van der Waals surface area contributed by atoms with Crippen molar-refractivity contribution in [1.29, 1.82) is 0 Å². The van der Waals surface area contributed by atoms with Crippen LogP contribution in [0.5, 0.6) is 5.75 Å². The van der Waals surface area contributed by atoms with Crippen LogP contribution in [-0.2, 0) is 32.2 Å². The third-order valence-corrected chi connectivity index (χ3v) is 8.84. The first kappa shape index (κ1) is 41.9. The first-order chi connectivity index (χ1) is 23.8. The highest BCUT2D eigenvalue weighted by atomic mass is 16.6. The molecule has 1 heterocycles. The summed E-state index contributed by atoms with van der Waals surface area (Å²) in [6, 6.07) is 5.44. The Morgan fingerprint density at radius 3 is 2.08 bits per heavy atom. The fourth-order valence-electron chi connectivity index (χ4n) is 6.37. The maximum absolute atomic E-state index is 14.5. The Kier molecular flexibility index (Phi) is 15.0. The van der Waals surface area contributed by atoms with Gasteiger partial charge in [0.25, 0.3) is 0 Å². The van der Waals surface area contributed by atoms with Crippen molar-refractivity contribution in [2.45, 2.75) is 137 Å². The van der Waals surface area contributed by atoms with E-state index in [9.17, 15) is 24.3 Å². The number of nitrogens with one attached hydrogen (secondary N) is 1. The van der Waals surface area contributed by atoms with E-state index >= 15 is 0 Å². The molecule has 2 fully saturated rings. The molecule has 288 valence electrons. The average molecular weight is 717 g/mol. The summed E-state index contributed by atoms with van der Waals surface area (Å²) in [4.78, 5) is 59.6. The molecule has 1 unspecified atom stereocenters. The number of methoxy groups -OCH3 is 1. The molecule has 51 heavy (non-hydrogen) atoms. The maximum Gasteiger partial charge on any atom is 0.410 e. The second kappa shape index (κ2) is 18.3. The van der Waals surface area contributed by atoms with Gasteiger partial charge in [0.05, 0.1) is 31.6 Å². The Bertz CT molecular complexity index is 1330. The van der Waals surface area contributed by atoms with Gasteiger partial charge in [0.15, 0.2) is 0 Å². The van der Waals surface area contributed by atoms with Crippen molar-refractivity contribution in [3.05, 3.63) is 29.3 Å². The Morgan fingerprint density at radius 1 is 0.941 bits per heavy atom. The molecule has 0 bridgehead atoms. The second-order valence-electron chi connectivity index (χ2n) is 16.7. The number of aliphatic hydroxyl groups is 1. The summed E-state index contributed by atoms with van der Waals surface area (Å²) in [6.07, 6.45) is 3.44. The Morgan fingerprint density at radius 2 is 1.55 bits per heavy atom. The highest BCUT2D eigenvalue weighted by molar-refractivity contribution is 5.84. The molecule has 0 spiro atoms. The van der Waals surface area contributed by atoms with Crippen LogP contribution in [0.4, 0.5) is 9.59 Å². The van der Waals surface area contributed by atoms with Crippen LogP contribution >= 0.6 is 0 Å². The molecule has 3 rings (SSSR count). The number of hydrogen-bond donors (Lipinski definition) is 2. The van der Waals surface area contributed by atoms with E-state index in [1.54, 1.807) is 32.8 Å². The topological polar surface area (TPSA) is 138 Å². The molecule has 2 aliphatic rings. The van der Waals surface area contributed by atoms with Gasteiger partial charge in [-0.05, 0) is 103 Å². The zero-order valence-corrected chi connectivity index (χ0v) is 32.8. The van der Waals surface area contributed by atoms with Crippen LogP contribution in [0.15, 0.2) is 18.2 Å². The zero-order valence-electron chi connectivity index (χ0n) is 32.8. The van der Waals surface area contributed by atoms with E-state index in [4.69, 9.17) is 14.2 Å². The predicted molar refractivity (Wildman–Crippen MR) is 196 cm³/mol. The molecule has 1 saturated carbocycles. The lowest BCUT2D eigenvalue weighted by Gasteiger charge is -2.39. The number of ether oxygens (including phenoxy) is 3. The molecule has 1 aromatic carbocycles. The van der Waals surface area contributed by atoms with E-state index in [0.717, 1.165) is 36.8 Å². The van der Waals surface area contributed by atoms with E-state index in [-0.39, 0.29) is 56.0 Å². The predicted octanol–water partition coefficient (Wildman–Crippen LogP) is 6.12. The highest BCUT2D eigenvalue weighted by Crippen LogP contribution is 2.34. The van der Waals surface area contributed by atoms with Gasteiger partial charge in [-0.1, -0.05) is 33.3 Å². The van der Waals surface area contributed by atoms with Gasteiger partial charge in [0.2, 0.25) is 11.8 Å². The van der Waals surface area contributed by atoms with Gasteiger partial charge >= 0.3 is 12.2 Å². The first-order valence-corrected chi connectivity index (χ1v) is 18.7. The molecule has 2 N–H and O–H groups in total. The number of benzene rings is 1. The van der Waals surface area contributed by atoms with Crippen LogP contribution in [-0.4, -0.2) is 100 Å². The molecule has 3 atom stereocenters. The van der Waals surface area contributed by atoms with Crippen molar-refractivity contribution >= 4 is 24.0 Å². The number of piperidine rings is 1. The number of rotatable bonds is 15. The van der Waals surface area contributed by atoms with Gasteiger partial charge in [0, 0.05) is 38.8 Å².